The SMILES string of the molecule is Cc1cc([N+](=O)[O-])cc(C(C)C(=O)O)c1Cl. The summed E-state index contributed by atoms with van der Waals surface area (Å²) in [6.07, 6.45) is 0. The number of nitro groups is 1. The molecule has 6 heteroatoms. The van der Waals surface area contributed by atoms with Crippen molar-refractivity contribution in [2.45, 2.75) is 19.8 Å². The number of rotatable bonds is 3. The number of hydrogen-bond acceptors (Lipinski definition) is 3. The molecule has 0 spiro atoms. The fourth-order valence-corrected chi connectivity index (χ4v) is 1.60. The quantitative estimate of drug-likeness (QED) is 0.654. The first-order valence-electron chi connectivity index (χ1n) is 4.51. The molecule has 0 bridgehead atoms. The largest absolute Gasteiger partial charge is 0.481 e. The zero-order valence-corrected chi connectivity index (χ0v) is 9.49. The predicted molar refractivity (Wildman–Crippen MR) is 58.9 cm³/mol. The normalized spacial score (nSPS) is 12.2. The van der Waals surface area contributed by atoms with E-state index in [1.807, 2.05) is 0 Å². The fraction of sp³-hybridized carbons (Fsp3) is 0.300. The lowest BCUT2D eigenvalue weighted by atomic mass is 9.98. The van der Waals surface area contributed by atoms with Crippen molar-refractivity contribution in [3.05, 3.63) is 38.4 Å². The Hall–Kier alpha value is -1.62. The first-order chi connectivity index (χ1) is 7.34. The summed E-state index contributed by atoms with van der Waals surface area (Å²) in [5, 5.41) is 19.7. The molecule has 1 unspecified atom stereocenters. The van der Waals surface area contributed by atoms with E-state index in [4.69, 9.17) is 16.7 Å². The number of hydrogen-bond donors (Lipinski definition) is 1. The molecule has 0 saturated carbocycles. The Balaban J connectivity index is 3.37. The highest BCUT2D eigenvalue weighted by Gasteiger charge is 2.21. The maximum Gasteiger partial charge on any atom is 0.310 e. The van der Waals surface area contributed by atoms with Crippen LogP contribution in [0.1, 0.15) is 24.0 Å². The number of non-ortho nitro benzene ring substituents is 1. The van der Waals surface area contributed by atoms with Gasteiger partial charge in [-0.25, -0.2) is 0 Å². The Kier molecular flexibility index (Phi) is 3.49. The van der Waals surface area contributed by atoms with Crippen molar-refractivity contribution in [1.29, 1.82) is 0 Å². The second-order valence-electron chi connectivity index (χ2n) is 3.48. The lowest BCUT2D eigenvalue weighted by molar-refractivity contribution is -0.385. The zero-order valence-electron chi connectivity index (χ0n) is 8.73. The number of halogens is 1. The minimum Gasteiger partial charge on any atom is -0.481 e. The molecule has 0 aliphatic rings. The number of nitro benzene ring substituents is 1. The average Bonchev–Trinajstić information content (AvgIpc) is 2.20. The van der Waals surface area contributed by atoms with Crippen LogP contribution in [0.2, 0.25) is 5.02 Å². The molecule has 1 atom stereocenters. The molecule has 5 nitrogen and oxygen atoms in total. The Morgan fingerprint density at radius 3 is 2.56 bits per heavy atom. The van der Waals surface area contributed by atoms with Crippen LogP contribution in [0.3, 0.4) is 0 Å². The smallest absolute Gasteiger partial charge is 0.310 e. The van der Waals surface area contributed by atoms with Gasteiger partial charge < -0.3 is 5.11 Å². The van der Waals surface area contributed by atoms with Crippen LogP contribution < -0.4 is 0 Å². The number of aryl methyl sites for hydroxylation is 1. The molecule has 86 valence electrons. The maximum atomic E-state index is 10.8. The van der Waals surface area contributed by atoms with Gasteiger partial charge in [-0.3, -0.25) is 14.9 Å². The van der Waals surface area contributed by atoms with Crippen LogP contribution in [0.15, 0.2) is 12.1 Å². The summed E-state index contributed by atoms with van der Waals surface area (Å²) < 4.78 is 0. The van der Waals surface area contributed by atoms with Crippen LogP contribution in [-0.4, -0.2) is 16.0 Å². The number of carbonyl (C=O) groups is 1. The van der Waals surface area contributed by atoms with Gasteiger partial charge in [0.2, 0.25) is 0 Å². The summed E-state index contributed by atoms with van der Waals surface area (Å²) in [5.41, 5.74) is 0.616. The molecule has 0 aromatic heterocycles. The molecular formula is C10H10ClNO4. The van der Waals surface area contributed by atoms with E-state index in [9.17, 15) is 14.9 Å². The van der Waals surface area contributed by atoms with Crippen LogP contribution in [-0.2, 0) is 4.79 Å². The molecule has 0 amide bonds. The first kappa shape index (κ1) is 12.4. The van der Waals surface area contributed by atoms with E-state index in [2.05, 4.69) is 0 Å². The van der Waals surface area contributed by atoms with Gasteiger partial charge in [-0.05, 0) is 25.0 Å². The highest BCUT2D eigenvalue weighted by atomic mass is 35.5. The first-order valence-corrected chi connectivity index (χ1v) is 4.89. The number of nitrogens with zero attached hydrogens (tertiary/aromatic N) is 1. The van der Waals surface area contributed by atoms with Gasteiger partial charge in [-0.2, -0.15) is 0 Å². The van der Waals surface area contributed by atoms with E-state index in [0.717, 1.165) is 0 Å². The van der Waals surface area contributed by atoms with Crippen LogP contribution in [0, 0.1) is 17.0 Å². The third-order valence-corrected chi connectivity index (χ3v) is 2.83. The highest BCUT2D eigenvalue weighted by molar-refractivity contribution is 6.32. The molecular weight excluding hydrogens is 234 g/mol. The van der Waals surface area contributed by atoms with Crippen LogP contribution in [0.4, 0.5) is 5.69 Å². The summed E-state index contributed by atoms with van der Waals surface area (Å²) >= 11 is 5.92. The lowest BCUT2D eigenvalue weighted by Crippen LogP contribution is -2.09. The second kappa shape index (κ2) is 4.49. The number of benzene rings is 1. The molecule has 1 rings (SSSR count). The summed E-state index contributed by atoms with van der Waals surface area (Å²) in [6, 6.07) is 2.52. The van der Waals surface area contributed by atoms with Crippen LogP contribution in [0.5, 0.6) is 0 Å². The topological polar surface area (TPSA) is 80.4 Å². The van der Waals surface area contributed by atoms with Gasteiger partial charge in [0, 0.05) is 17.2 Å². The third-order valence-electron chi connectivity index (χ3n) is 2.32. The van der Waals surface area contributed by atoms with Gasteiger partial charge in [-0.1, -0.05) is 11.6 Å². The summed E-state index contributed by atoms with van der Waals surface area (Å²) in [7, 11) is 0. The Labute approximate surface area is 96.8 Å². The minimum absolute atomic E-state index is 0.148. The van der Waals surface area contributed by atoms with Crippen molar-refractivity contribution in [2.24, 2.45) is 0 Å². The molecule has 1 aromatic rings. The van der Waals surface area contributed by atoms with Gasteiger partial charge in [0.25, 0.3) is 5.69 Å². The Bertz CT molecular complexity index is 458. The minimum atomic E-state index is -1.07. The maximum absolute atomic E-state index is 10.8. The number of aliphatic carboxylic acids is 1. The Morgan fingerprint density at radius 2 is 2.12 bits per heavy atom. The fourth-order valence-electron chi connectivity index (χ4n) is 1.33. The van der Waals surface area contributed by atoms with Crippen molar-refractivity contribution < 1.29 is 14.8 Å². The average molecular weight is 244 g/mol. The predicted octanol–water partition coefficient (Wildman–Crippen LogP) is 2.74. The molecule has 1 aromatic carbocycles. The highest BCUT2D eigenvalue weighted by Crippen LogP contribution is 2.31. The monoisotopic (exact) mass is 243 g/mol. The van der Waals surface area contributed by atoms with Crippen LogP contribution in [0.25, 0.3) is 0 Å². The molecule has 0 aliphatic carbocycles. The summed E-state index contributed by atoms with van der Waals surface area (Å²) in [6.45, 7) is 3.04. The van der Waals surface area contributed by atoms with E-state index in [1.54, 1.807) is 6.92 Å². The van der Waals surface area contributed by atoms with E-state index >= 15 is 0 Å². The van der Waals surface area contributed by atoms with E-state index < -0.39 is 16.8 Å². The number of carboxylic acids is 1. The molecule has 1 N–H and O–H groups in total. The Morgan fingerprint density at radius 1 is 1.56 bits per heavy atom. The molecule has 0 aliphatic heterocycles. The van der Waals surface area contributed by atoms with Gasteiger partial charge in [0.15, 0.2) is 0 Å². The molecule has 0 heterocycles. The number of carboxylic acid groups (broad SMARTS) is 1. The zero-order chi connectivity index (χ0) is 12.5. The third kappa shape index (κ3) is 2.30. The van der Waals surface area contributed by atoms with Gasteiger partial charge in [-0.15, -0.1) is 0 Å². The van der Waals surface area contributed by atoms with Crippen molar-refractivity contribution >= 4 is 23.3 Å². The molecule has 0 saturated heterocycles. The van der Waals surface area contributed by atoms with Crippen LogP contribution >= 0.6 is 11.6 Å². The van der Waals surface area contributed by atoms with Crippen molar-refractivity contribution in [1.82, 2.24) is 0 Å². The van der Waals surface area contributed by atoms with Crippen molar-refractivity contribution in [3.63, 3.8) is 0 Å². The summed E-state index contributed by atoms with van der Waals surface area (Å²) in [4.78, 5) is 20.9. The van der Waals surface area contributed by atoms with Crippen molar-refractivity contribution in [3.8, 4) is 0 Å². The molecule has 0 radical (unpaired) electrons. The standard InChI is InChI=1S/C10H10ClNO4/c1-5-3-7(12(15)16)4-8(9(5)11)6(2)10(13)14/h3-4,6H,1-2H3,(H,13,14). The molecule has 16 heavy (non-hydrogen) atoms. The lowest BCUT2D eigenvalue weighted by Gasteiger charge is -2.10. The summed E-state index contributed by atoms with van der Waals surface area (Å²) in [5.74, 6) is -1.94. The van der Waals surface area contributed by atoms with E-state index in [0.29, 0.717) is 5.56 Å². The van der Waals surface area contributed by atoms with Gasteiger partial charge in [0.1, 0.15) is 0 Å². The van der Waals surface area contributed by atoms with E-state index in [1.165, 1.54) is 19.1 Å². The second-order valence-corrected chi connectivity index (χ2v) is 3.86. The van der Waals surface area contributed by atoms with Gasteiger partial charge >= 0.3 is 5.97 Å². The van der Waals surface area contributed by atoms with Crippen molar-refractivity contribution in [2.75, 3.05) is 0 Å². The molecule has 0 fully saturated rings. The van der Waals surface area contributed by atoms with Gasteiger partial charge in [0.05, 0.1) is 10.8 Å². The van der Waals surface area contributed by atoms with E-state index in [-0.39, 0.29) is 16.3 Å².